The molecule has 0 spiro atoms. The first-order valence-electron chi connectivity index (χ1n) is 4.91. The average Bonchev–Trinajstić information content (AvgIpc) is 2.16. The van der Waals surface area contributed by atoms with Gasteiger partial charge in [0.2, 0.25) is 0 Å². The molecule has 0 aliphatic carbocycles. The van der Waals surface area contributed by atoms with E-state index in [0.717, 1.165) is 0 Å². The van der Waals surface area contributed by atoms with Gasteiger partial charge in [-0.05, 0) is 13.3 Å². The van der Waals surface area contributed by atoms with Gasteiger partial charge in [-0.3, -0.25) is 0 Å². The van der Waals surface area contributed by atoms with Crippen molar-refractivity contribution in [3.05, 3.63) is 12.7 Å². The Kier molecular flexibility index (Phi) is 6.95. The monoisotopic (exact) mass is 230 g/mol. The predicted octanol–water partition coefficient (Wildman–Crippen LogP) is 0.350. The highest BCUT2D eigenvalue weighted by Crippen LogP contribution is 1.91. The number of hydrogen-bond acceptors (Lipinski definition) is 3. The second-order valence-electron chi connectivity index (χ2n) is 3.39. The minimum atomic E-state index is -1.13. The lowest BCUT2D eigenvalue weighted by atomic mass is 10.2. The van der Waals surface area contributed by atoms with Gasteiger partial charge in [0.05, 0.1) is 6.61 Å². The maximum absolute atomic E-state index is 11.3. The number of hydrogen-bond donors (Lipinski definition) is 3. The number of aliphatic carboxylic acids is 1. The molecule has 2 amide bonds. The van der Waals surface area contributed by atoms with Gasteiger partial charge in [-0.1, -0.05) is 6.08 Å². The number of ether oxygens (including phenoxy) is 1. The third-order valence-electron chi connectivity index (χ3n) is 1.83. The summed E-state index contributed by atoms with van der Waals surface area (Å²) in [6.45, 7) is 5.27. The summed E-state index contributed by atoms with van der Waals surface area (Å²) < 4.78 is 4.68. The van der Waals surface area contributed by atoms with Crippen molar-refractivity contribution in [3.8, 4) is 0 Å². The molecule has 3 N–H and O–H groups in total. The van der Waals surface area contributed by atoms with Crippen LogP contribution in [0.3, 0.4) is 0 Å². The molecule has 0 bridgehead atoms. The van der Waals surface area contributed by atoms with E-state index in [-0.39, 0.29) is 12.6 Å². The van der Waals surface area contributed by atoms with Crippen molar-refractivity contribution in [2.75, 3.05) is 13.7 Å². The molecule has 0 aromatic carbocycles. The van der Waals surface area contributed by atoms with Gasteiger partial charge in [-0.25, -0.2) is 9.59 Å². The normalized spacial score (nSPS) is 13.6. The van der Waals surface area contributed by atoms with E-state index in [1.54, 1.807) is 13.0 Å². The van der Waals surface area contributed by atoms with Crippen molar-refractivity contribution >= 4 is 12.0 Å². The zero-order valence-corrected chi connectivity index (χ0v) is 9.53. The van der Waals surface area contributed by atoms with Crippen molar-refractivity contribution in [1.82, 2.24) is 10.6 Å². The van der Waals surface area contributed by atoms with E-state index in [9.17, 15) is 9.59 Å². The Morgan fingerprint density at radius 1 is 1.50 bits per heavy atom. The van der Waals surface area contributed by atoms with E-state index in [2.05, 4.69) is 21.9 Å². The van der Waals surface area contributed by atoms with Gasteiger partial charge in [-0.15, -0.1) is 6.58 Å². The largest absolute Gasteiger partial charge is 0.480 e. The molecular weight excluding hydrogens is 212 g/mol. The van der Waals surface area contributed by atoms with Crippen LogP contribution in [0.4, 0.5) is 4.79 Å². The molecule has 0 aromatic rings. The van der Waals surface area contributed by atoms with Gasteiger partial charge in [-0.2, -0.15) is 0 Å². The molecule has 0 fully saturated rings. The van der Waals surface area contributed by atoms with Gasteiger partial charge >= 0.3 is 12.0 Å². The number of rotatable bonds is 7. The fraction of sp³-hybridized carbons (Fsp3) is 0.600. The van der Waals surface area contributed by atoms with Gasteiger partial charge in [0.15, 0.2) is 6.04 Å². The maximum Gasteiger partial charge on any atom is 0.328 e. The summed E-state index contributed by atoms with van der Waals surface area (Å²) in [6, 6.07) is -1.66. The van der Waals surface area contributed by atoms with E-state index in [0.29, 0.717) is 6.42 Å². The minimum Gasteiger partial charge on any atom is -0.480 e. The number of carbonyl (C=O) groups excluding carboxylic acids is 1. The molecule has 0 aliphatic heterocycles. The molecule has 92 valence electrons. The van der Waals surface area contributed by atoms with Crippen LogP contribution in [-0.4, -0.2) is 42.9 Å². The lowest BCUT2D eigenvalue weighted by molar-refractivity contribution is -0.140. The average molecular weight is 230 g/mol. The molecular formula is C10H18N2O4. The summed E-state index contributed by atoms with van der Waals surface area (Å²) in [7, 11) is 1.37. The van der Waals surface area contributed by atoms with E-state index in [1.807, 2.05) is 0 Å². The number of amides is 2. The Balaban J connectivity index is 4.08. The Labute approximate surface area is 94.7 Å². The second-order valence-corrected chi connectivity index (χ2v) is 3.39. The number of methoxy groups -OCH3 is 1. The zero-order valence-electron chi connectivity index (χ0n) is 9.53. The first kappa shape index (κ1) is 14.4. The van der Waals surface area contributed by atoms with Crippen LogP contribution in [0.1, 0.15) is 13.3 Å². The molecule has 16 heavy (non-hydrogen) atoms. The van der Waals surface area contributed by atoms with Crippen LogP contribution in [0.25, 0.3) is 0 Å². The number of urea groups is 1. The van der Waals surface area contributed by atoms with E-state index < -0.39 is 18.0 Å². The Morgan fingerprint density at radius 3 is 2.56 bits per heavy atom. The summed E-state index contributed by atoms with van der Waals surface area (Å²) >= 11 is 0. The molecule has 6 nitrogen and oxygen atoms in total. The van der Waals surface area contributed by atoms with E-state index in [1.165, 1.54) is 7.11 Å². The zero-order chi connectivity index (χ0) is 12.6. The van der Waals surface area contributed by atoms with Crippen molar-refractivity contribution in [2.45, 2.75) is 25.4 Å². The van der Waals surface area contributed by atoms with Crippen LogP contribution < -0.4 is 10.6 Å². The molecule has 2 unspecified atom stereocenters. The van der Waals surface area contributed by atoms with Gasteiger partial charge < -0.3 is 20.5 Å². The quantitative estimate of drug-likeness (QED) is 0.551. The summed E-state index contributed by atoms with van der Waals surface area (Å²) in [5.74, 6) is -1.13. The highest BCUT2D eigenvalue weighted by Gasteiger charge is 2.19. The van der Waals surface area contributed by atoms with E-state index in [4.69, 9.17) is 5.11 Å². The van der Waals surface area contributed by atoms with Gasteiger partial charge in [0.25, 0.3) is 0 Å². The molecule has 0 saturated carbocycles. The summed E-state index contributed by atoms with van der Waals surface area (Å²) in [6.07, 6.45) is 2.30. The third kappa shape index (κ3) is 6.02. The van der Waals surface area contributed by atoms with Crippen molar-refractivity contribution < 1.29 is 19.4 Å². The van der Waals surface area contributed by atoms with Crippen LogP contribution in [0.15, 0.2) is 12.7 Å². The number of carboxylic acids is 1. The fourth-order valence-electron chi connectivity index (χ4n) is 1.07. The predicted molar refractivity (Wildman–Crippen MR) is 59.2 cm³/mol. The highest BCUT2D eigenvalue weighted by atomic mass is 16.5. The molecule has 2 atom stereocenters. The van der Waals surface area contributed by atoms with Gasteiger partial charge in [0, 0.05) is 13.2 Å². The maximum atomic E-state index is 11.3. The van der Waals surface area contributed by atoms with Crippen LogP contribution in [0.5, 0.6) is 0 Å². The van der Waals surface area contributed by atoms with Crippen LogP contribution >= 0.6 is 0 Å². The molecule has 0 radical (unpaired) electrons. The molecule has 0 rings (SSSR count). The number of carbonyl (C=O) groups is 2. The number of carboxylic acid groups (broad SMARTS) is 1. The second kappa shape index (κ2) is 7.70. The molecule has 0 saturated heterocycles. The van der Waals surface area contributed by atoms with Crippen LogP contribution in [-0.2, 0) is 9.53 Å². The minimum absolute atomic E-state index is 0.0708. The number of nitrogens with one attached hydrogen (secondary N) is 2. The lowest BCUT2D eigenvalue weighted by Gasteiger charge is -2.16. The van der Waals surface area contributed by atoms with Gasteiger partial charge in [0.1, 0.15) is 0 Å². The van der Waals surface area contributed by atoms with Crippen molar-refractivity contribution in [2.24, 2.45) is 0 Å². The summed E-state index contributed by atoms with van der Waals surface area (Å²) in [5, 5.41) is 13.6. The van der Waals surface area contributed by atoms with Crippen molar-refractivity contribution in [3.63, 3.8) is 0 Å². The molecule has 6 heteroatoms. The molecule has 0 heterocycles. The smallest absolute Gasteiger partial charge is 0.328 e. The first-order chi connectivity index (χ1) is 7.51. The summed E-state index contributed by atoms with van der Waals surface area (Å²) in [5.41, 5.74) is 0. The van der Waals surface area contributed by atoms with Crippen molar-refractivity contribution in [1.29, 1.82) is 0 Å². The first-order valence-corrected chi connectivity index (χ1v) is 4.91. The lowest BCUT2D eigenvalue weighted by Crippen LogP contribution is -2.50. The fourth-order valence-corrected chi connectivity index (χ4v) is 1.07. The van der Waals surface area contributed by atoms with Crippen LogP contribution in [0, 0.1) is 0 Å². The molecule has 0 aromatic heterocycles. The summed E-state index contributed by atoms with van der Waals surface area (Å²) in [4.78, 5) is 22.0. The Morgan fingerprint density at radius 2 is 2.12 bits per heavy atom. The van der Waals surface area contributed by atoms with Crippen LogP contribution in [0.2, 0.25) is 0 Å². The topological polar surface area (TPSA) is 87.7 Å². The third-order valence-corrected chi connectivity index (χ3v) is 1.83. The molecule has 0 aliphatic rings. The highest BCUT2D eigenvalue weighted by molar-refractivity contribution is 5.82. The Bertz CT molecular complexity index is 255. The van der Waals surface area contributed by atoms with E-state index >= 15 is 0 Å². The SMILES string of the molecule is C=CCC(C)NC(=O)NC(COC)C(=O)O. The Hall–Kier alpha value is -1.56. The standard InChI is InChI=1S/C10H18N2O4/c1-4-5-7(2)11-10(15)12-8(6-16-3)9(13)14/h4,7-8H,1,5-6H2,2-3H3,(H,13,14)(H2,11,12,15).